The number of unbranched alkanes of at least 4 members (excludes halogenated alkanes) is 36. The van der Waals surface area contributed by atoms with Gasteiger partial charge in [-0.05, 0) is 64.2 Å². The summed E-state index contributed by atoms with van der Waals surface area (Å²) in [4.78, 5) is 13.5. The summed E-state index contributed by atoms with van der Waals surface area (Å²) < 4.78 is 34.5. The van der Waals surface area contributed by atoms with Crippen molar-refractivity contribution in [2.24, 2.45) is 0 Å². The summed E-state index contributed by atoms with van der Waals surface area (Å²) >= 11 is 0. The summed E-state index contributed by atoms with van der Waals surface area (Å²) in [5.41, 5.74) is 0. The van der Waals surface area contributed by atoms with Crippen LogP contribution in [0.15, 0.2) is 72.9 Å². The van der Waals surface area contributed by atoms with E-state index in [0.29, 0.717) is 12.8 Å². The van der Waals surface area contributed by atoms with Crippen molar-refractivity contribution < 1.29 is 89.4 Å². The van der Waals surface area contributed by atoms with Crippen molar-refractivity contribution in [3.05, 3.63) is 72.9 Å². The van der Waals surface area contributed by atoms with Gasteiger partial charge in [-0.1, -0.05) is 311 Å². The van der Waals surface area contributed by atoms with Gasteiger partial charge in [0.15, 0.2) is 18.9 Å². The molecule has 0 aromatic carbocycles. The van der Waals surface area contributed by atoms with Crippen LogP contribution in [0.4, 0.5) is 0 Å². The summed E-state index contributed by atoms with van der Waals surface area (Å²) in [5, 5.41) is 121. The van der Waals surface area contributed by atoms with Crippen LogP contribution in [-0.2, 0) is 33.2 Å². The molecule has 0 saturated carbocycles. The van der Waals surface area contributed by atoms with Gasteiger partial charge in [-0.3, -0.25) is 4.79 Å². The average Bonchev–Trinajstić information content (AvgIpc) is 0.782. The second-order valence-corrected chi connectivity index (χ2v) is 28.9. The van der Waals surface area contributed by atoms with E-state index in [-0.39, 0.29) is 18.9 Å². The molecular weight excluding hydrogens is 1290 g/mol. The maximum atomic E-state index is 13.5. The van der Waals surface area contributed by atoms with Gasteiger partial charge in [-0.15, -0.1) is 0 Å². The van der Waals surface area contributed by atoms with Gasteiger partial charge in [-0.2, -0.15) is 0 Å². The third kappa shape index (κ3) is 42.4. The zero-order valence-electron chi connectivity index (χ0n) is 62.9. The van der Waals surface area contributed by atoms with E-state index in [1.807, 2.05) is 0 Å². The van der Waals surface area contributed by atoms with Crippen molar-refractivity contribution in [2.75, 3.05) is 26.4 Å². The molecule has 3 rings (SSSR count). The Balaban J connectivity index is 1.28. The highest BCUT2D eigenvalue weighted by molar-refractivity contribution is 5.76. The molecule has 3 saturated heterocycles. The Morgan fingerprint density at radius 2 is 0.683 bits per heavy atom. The quantitative estimate of drug-likeness (QED) is 0.0199. The fraction of sp³-hybridized carbons (Fsp3) is 0.841. The van der Waals surface area contributed by atoms with Gasteiger partial charge < -0.3 is 89.9 Å². The first kappa shape index (κ1) is 92.4. The number of rotatable bonds is 64. The smallest absolute Gasteiger partial charge is 0.220 e. The first-order valence-electron chi connectivity index (χ1n) is 40.7. The Bertz CT molecular complexity index is 2110. The third-order valence-electron chi connectivity index (χ3n) is 20.0. The Kier molecular flexibility index (Phi) is 57.0. The number of ether oxygens (including phenoxy) is 6. The van der Waals surface area contributed by atoms with Crippen LogP contribution in [0, 0.1) is 0 Å². The highest BCUT2D eigenvalue weighted by Crippen LogP contribution is 2.33. The van der Waals surface area contributed by atoms with E-state index >= 15 is 0 Å². The van der Waals surface area contributed by atoms with Crippen LogP contribution < -0.4 is 5.32 Å². The predicted molar refractivity (Wildman–Crippen MR) is 401 cm³/mol. The van der Waals surface area contributed by atoms with Gasteiger partial charge in [0.25, 0.3) is 0 Å². The molecular formula is C82H147NO18. The van der Waals surface area contributed by atoms with Gasteiger partial charge >= 0.3 is 0 Å². The number of carbonyl (C=O) groups is 1. The average molecular weight is 1440 g/mol. The number of carbonyl (C=O) groups excluding carboxylic acids is 1. The van der Waals surface area contributed by atoms with E-state index in [4.69, 9.17) is 28.4 Å². The number of aliphatic hydroxyl groups excluding tert-OH is 11. The minimum Gasteiger partial charge on any atom is -0.394 e. The van der Waals surface area contributed by atoms with Crippen molar-refractivity contribution in [2.45, 2.75) is 413 Å². The highest BCUT2D eigenvalue weighted by atomic mass is 16.8. The molecule has 3 aliphatic rings. The summed E-state index contributed by atoms with van der Waals surface area (Å²) in [5.74, 6) is -0.239. The minimum atomic E-state index is -1.97. The first-order valence-corrected chi connectivity index (χ1v) is 40.7. The molecule has 12 N–H and O–H groups in total. The number of hydrogen-bond acceptors (Lipinski definition) is 18. The van der Waals surface area contributed by atoms with E-state index in [1.54, 1.807) is 0 Å². The van der Waals surface area contributed by atoms with Gasteiger partial charge in [0.2, 0.25) is 5.91 Å². The Hall–Kier alpha value is -2.77. The van der Waals surface area contributed by atoms with E-state index in [0.717, 1.165) is 83.5 Å². The summed E-state index contributed by atoms with van der Waals surface area (Å²) in [6, 6.07) is -0.887. The largest absolute Gasteiger partial charge is 0.394 e. The number of nitrogens with one attached hydrogen (secondary N) is 1. The monoisotopic (exact) mass is 1430 g/mol. The van der Waals surface area contributed by atoms with E-state index < -0.39 is 124 Å². The molecule has 3 heterocycles. The van der Waals surface area contributed by atoms with Gasteiger partial charge in [0.05, 0.1) is 38.6 Å². The summed E-state index contributed by atoms with van der Waals surface area (Å²) in [7, 11) is 0. The maximum absolute atomic E-state index is 13.5. The van der Waals surface area contributed by atoms with Crippen molar-refractivity contribution >= 4 is 5.91 Å². The molecule has 17 unspecified atom stereocenters. The summed E-state index contributed by atoms with van der Waals surface area (Å²) in [6.07, 6.45) is 54.4. The van der Waals surface area contributed by atoms with Crippen LogP contribution >= 0.6 is 0 Å². The van der Waals surface area contributed by atoms with Crippen molar-refractivity contribution in [3.63, 3.8) is 0 Å². The molecule has 1 amide bonds. The number of aliphatic hydroxyl groups is 11. The molecule has 3 fully saturated rings. The highest BCUT2D eigenvalue weighted by Gasteiger charge is 2.54. The van der Waals surface area contributed by atoms with Crippen LogP contribution in [0.1, 0.15) is 309 Å². The molecule has 0 spiro atoms. The van der Waals surface area contributed by atoms with Crippen LogP contribution in [0.2, 0.25) is 0 Å². The van der Waals surface area contributed by atoms with E-state index in [2.05, 4.69) is 92.1 Å². The maximum Gasteiger partial charge on any atom is 0.220 e. The molecule has 0 aromatic heterocycles. The second kappa shape index (κ2) is 62.3. The number of allylic oxidation sites excluding steroid dienone is 12. The van der Waals surface area contributed by atoms with Crippen molar-refractivity contribution in [1.29, 1.82) is 0 Å². The second-order valence-electron chi connectivity index (χ2n) is 28.9. The van der Waals surface area contributed by atoms with Gasteiger partial charge in [0, 0.05) is 6.42 Å². The van der Waals surface area contributed by atoms with E-state index in [9.17, 15) is 61.0 Å². The molecule has 101 heavy (non-hydrogen) atoms. The lowest BCUT2D eigenvalue weighted by Gasteiger charge is -2.48. The Morgan fingerprint density at radius 1 is 0.366 bits per heavy atom. The SMILES string of the molecule is CC/C=C\C/C=C\C/C=C\C/C=C\C/C=C\C/C=C\CCCCCCCCCCCCCCCCCCCCCCCCC(=O)NC(COC1OC(CO)C(OC2OC(CO)C(OC3OC(CO)C(O)C(O)C3O)C(O)C2O)C(O)C1O)C(O)CCCCCCCCCCCCCCCCC. The van der Waals surface area contributed by atoms with Crippen LogP contribution in [0.25, 0.3) is 0 Å². The fourth-order valence-corrected chi connectivity index (χ4v) is 13.6. The van der Waals surface area contributed by atoms with Crippen molar-refractivity contribution in [3.8, 4) is 0 Å². The number of hydrogen-bond donors (Lipinski definition) is 12. The first-order chi connectivity index (χ1) is 49.3. The lowest BCUT2D eigenvalue weighted by atomic mass is 9.96. The van der Waals surface area contributed by atoms with Crippen LogP contribution in [-0.4, -0.2) is 193 Å². The van der Waals surface area contributed by atoms with Gasteiger partial charge in [-0.25, -0.2) is 0 Å². The zero-order chi connectivity index (χ0) is 73.2. The lowest BCUT2D eigenvalue weighted by Crippen LogP contribution is -2.66. The Morgan fingerprint density at radius 3 is 1.07 bits per heavy atom. The van der Waals surface area contributed by atoms with Crippen LogP contribution in [0.3, 0.4) is 0 Å². The van der Waals surface area contributed by atoms with Gasteiger partial charge in [0.1, 0.15) is 73.2 Å². The predicted octanol–water partition coefficient (Wildman–Crippen LogP) is 13.6. The standard InChI is InChI=1S/C82H147NO18/c1-3-5-7-9-11-13-15-17-19-20-21-22-23-24-25-26-27-28-29-30-31-32-33-34-35-36-37-38-39-40-41-42-43-44-46-48-50-52-54-56-58-60-70(88)83-65(66(87)59-57-55-53-51-49-47-45-18-16-14-12-10-8-6-4-2)64-96-80-76(94)73(91)78(68(62-85)98-80)101-82-77(95)74(92)79(69(63-86)99-82)100-81-75(93)72(90)71(89)67(61-84)97-81/h5,7,11,13,17,19,21-22,24-25,27-28,65-69,71-82,84-87,89-95H,3-4,6,8-10,12,14-16,18,20,23,26,29-64H2,1-2H3,(H,83,88)/b7-5-,13-11-,19-17-,22-21-,25-24-,28-27-. The molecule has 0 bridgehead atoms. The molecule has 19 heteroatoms. The molecule has 0 aromatic rings. The zero-order valence-corrected chi connectivity index (χ0v) is 62.9. The molecule has 3 aliphatic heterocycles. The fourth-order valence-electron chi connectivity index (χ4n) is 13.6. The molecule has 17 atom stereocenters. The Labute approximate surface area is 610 Å². The minimum absolute atomic E-state index is 0.239. The molecule has 0 aliphatic carbocycles. The van der Waals surface area contributed by atoms with Crippen LogP contribution in [0.5, 0.6) is 0 Å². The third-order valence-corrected chi connectivity index (χ3v) is 20.0. The molecule has 0 radical (unpaired) electrons. The van der Waals surface area contributed by atoms with Crippen molar-refractivity contribution in [1.82, 2.24) is 5.32 Å². The molecule has 19 nitrogen and oxygen atoms in total. The number of amides is 1. The summed E-state index contributed by atoms with van der Waals surface area (Å²) in [6.45, 7) is 1.71. The topological polar surface area (TPSA) is 307 Å². The normalized spacial score (nSPS) is 26.7. The molecule has 588 valence electrons. The lowest BCUT2D eigenvalue weighted by molar-refractivity contribution is -0.379. The van der Waals surface area contributed by atoms with E-state index in [1.165, 1.54) is 193 Å².